The predicted molar refractivity (Wildman–Crippen MR) is 240 cm³/mol. The minimum Gasteiger partial charge on any atom is -0.0657 e. The maximum Gasteiger partial charge on any atom is -0.00267 e. The average molecular weight is 731 g/mol. The monoisotopic (exact) mass is 730 g/mol. The molecule has 0 aliphatic heterocycles. The zero-order valence-electron chi connectivity index (χ0n) is 31.0. The molecular weight excluding hydrogens is 687 g/mol. The van der Waals surface area contributed by atoms with Crippen molar-refractivity contribution >= 4 is 69.5 Å². The van der Waals surface area contributed by atoms with Crippen molar-refractivity contribution in [3.8, 4) is 0 Å². The summed E-state index contributed by atoms with van der Waals surface area (Å²) >= 11 is 0. The fourth-order valence-electron chi connectivity index (χ4n) is 8.21. The number of benzene rings is 9. The first kappa shape index (κ1) is 34.6. The third kappa shape index (κ3) is 7.22. The Morgan fingerprint density at radius 1 is 0.333 bits per heavy atom. The summed E-state index contributed by atoms with van der Waals surface area (Å²) in [7, 11) is -1.16. The van der Waals surface area contributed by atoms with E-state index in [-0.39, 0.29) is 0 Å². The Bertz CT molecular complexity index is 2780. The van der Waals surface area contributed by atoms with Crippen LogP contribution in [0.5, 0.6) is 0 Å². The molecule has 0 bridgehead atoms. The lowest BCUT2D eigenvalue weighted by Crippen LogP contribution is -2.24. The summed E-state index contributed by atoms with van der Waals surface area (Å²) in [6.07, 6.45) is 4.22. The van der Waals surface area contributed by atoms with Crippen molar-refractivity contribution in [3.05, 3.63) is 215 Å². The van der Waals surface area contributed by atoms with Gasteiger partial charge in [0.05, 0.1) is 0 Å². The van der Waals surface area contributed by atoms with Gasteiger partial charge in [-0.25, -0.2) is 0 Å². The lowest BCUT2D eigenvalue weighted by atomic mass is 10.0. The van der Waals surface area contributed by atoms with Crippen LogP contribution in [0.25, 0.3) is 43.1 Å². The van der Waals surface area contributed by atoms with Gasteiger partial charge in [-0.15, -0.1) is 0 Å². The van der Waals surface area contributed by atoms with Gasteiger partial charge in [-0.2, -0.15) is 0 Å². The Labute approximate surface area is 322 Å². The third-order valence-corrected chi connectivity index (χ3v) is 16.4. The van der Waals surface area contributed by atoms with Crippen molar-refractivity contribution in [2.24, 2.45) is 0 Å². The van der Waals surface area contributed by atoms with Crippen LogP contribution < -0.4 is 10.6 Å². The molecule has 0 radical (unpaired) electrons. The molecule has 0 spiro atoms. The molecule has 0 nitrogen and oxygen atoms in total. The molecule has 54 heavy (non-hydrogen) atoms. The molecule has 9 aromatic rings. The highest BCUT2D eigenvalue weighted by molar-refractivity contribution is 7.70. The van der Waals surface area contributed by atoms with Gasteiger partial charge in [0.15, 0.2) is 0 Å². The predicted octanol–water partition coefficient (Wildman–Crippen LogP) is 13.9. The van der Waals surface area contributed by atoms with E-state index < -0.39 is 15.8 Å². The quantitative estimate of drug-likeness (QED) is 0.123. The van der Waals surface area contributed by atoms with Crippen LogP contribution in [0.3, 0.4) is 0 Å². The van der Waals surface area contributed by atoms with Crippen LogP contribution in [0.15, 0.2) is 182 Å². The maximum absolute atomic E-state index is 2.48. The minimum absolute atomic E-state index is 0.579. The van der Waals surface area contributed by atoms with Crippen LogP contribution in [0.4, 0.5) is 0 Å². The second-order valence-electron chi connectivity index (χ2n) is 14.8. The fourth-order valence-corrected chi connectivity index (χ4v) is 14.0. The number of fused-ring (bicyclic) bond motifs is 4. The Morgan fingerprint density at radius 2 is 0.778 bits per heavy atom. The molecule has 0 aliphatic carbocycles. The minimum atomic E-state index is -0.583. The normalized spacial score (nSPS) is 12.8. The van der Waals surface area contributed by atoms with E-state index in [4.69, 9.17) is 0 Å². The van der Waals surface area contributed by atoms with Gasteiger partial charge < -0.3 is 0 Å². The molecule has 2 atom stereocenters. The van der Waals surface area contributed by atoms with Gasteiger partial charge >= 0.3 is 0 Å². The van der Waals surface area contributed by atoms with Gasteiger partial charge in [0, 0.05) is 0 Å². The smallest absolute Gasteiger partial charge is 0.00267 e. The zero-order valence-corrected chi connectivity index (χ0v) is 32.8. The summed E-state index contributed by atoms with van der Waals surface area (Å²) in [5, 5.41) is 13.8. The molecule has 0 aliphatic rings. The highest BCUT2D eigenvalue weighted by Crippen LogP contribution is 2.49. The first-order valence-corrected chi connectivity index (χ1v) is 22.5. The van der Waals surface area contributed by atoms with E-state index in [1.165, 1.54) is 76.5 Å². The lowest BCUT2D eigenvalue weighted by Gasteiger charge is -2.28. The average Bonchev–Trinajstić information content (AvgIpc) is 3.21. The Morgan fingerprint density at radius 3 is 1.41 bits per heavy atom. The van der Waals surface area contributed by atoms with Gasteiger partial charge in [0.1, 0.15) is 0 Å². The number of rotatable bonds is 10. The van der Waals surface area contributed by atoms with Crippen molar-refractivity contribution in [2.45, 2.75) is 38.5 Å². The van der Waals surface area contributed by atoms with Gasteiger partial charge in [0.25, 0.3) is 0 Å². The highest BCUT2D eigenvalue weighted by atomic mass is 31.1. The topological polar surface area (TPSA) is 0 Å². The fraction of sp³-hybridized carbons (Fsp3) is 0.115. The first-order chi connectivity index (χ1) is 26.6. The number of hydrogen-bond acceptors (Lipinski definition) is 0. The van der Waals surface area contributed by atoms with E-state index in [1.807, 2.05) is 0 Å². The molecule has 262 valence electrons. The van der Waals surface area contributed by atoms with Gasteiger partial charge in [-0.05, 0) is 126 Å². The molecule has 0 saturated heterocycles. The summed E-state index contributed by atoms with van der Waals surface area (Å²) in [4.78, 5) is 0. The molecule has 0 amide bonds. The molecule has 9 aromatic carbocycles. The molecule has 0 heterocycles. The Hall–Kier alpha value is -5.12. The Kier molecular flexibility index (Phi) is 9.83. The molecule has 2 unspecified atom stereocenters. The summed E-state index contributed by atoms with van der Waals surface area (Å²) in [6.45, 7) is 4.58. The van der Waals surface area contributed by atoms with Crippen molar-refractivity contribution in [1.82, 2.24) is 0 Å². The van der Waals surface area contributed by atoms with Crippen LogP contribution in [0.2, 0.25) is 0 Å². The number of aryl methyl sites for hydroxylation is 2. The lowest BCUT2D eigenvalue weighted by molar-refractivity contribution is 1.30. The first-order valence-electron chi connectivity index (χ1n) is 19.1. The van der Waals surface area contributed by atoms with Crippen LogP contribution in [0, 0.1) is 13.8 Å². The molecule has 0 saturated carbocycles. The standard InChI is InChI=1S/C52H44P2/c1-37-12-11-18-45-27-24-41(32-50(37)45)35-53(33-39-22-25-42-13-3-5-16-46(42)30-39)51-20-9-10-21-52(51)54(34-40-23-26-43-14-4-6-17-47(43)31-40)36-48-29-28-44-15-7-8-19-49(44)38(48)2/h3-32H,33-36H2,1-2H3. The zero-order chi connectivity index (χ0) is 36.4. The number of hydrogen-bond donors (Lipinski definition) is 0. The summed E-state index contributed by atoms with van der Waals surface area (Å²) in [5.74, 6) is 0. The SMILES string of the molecule is Cc1cccc2ccc(CP(Cc3ccc4ccccc4c3)c3ccccc3P(Cc3ccc4ccccc4c3)Cc3ccc4ccccc4c3C)cc12. The van der Waals surface area contributed by atoms with Crippen LogP contribution in [-0.2, 0) is 24.6 Å². The summed E-state index contributed by atoms with van der Waals surface area (Å²) in [6, 6.07) is 68.9. The second-order valence-corrected chi connectivity index (χ2v) is 19.2. The van der Waals surface area contributed by atoms with Crippen molar-refractivity contribution < 1.29 is 0 Å². The molecule has 0 N–H and O–H groups in total. The second kappa shape index (κ2) is 15.3. The molecule has 0 aromatic heterocycles. The van der Waals surface area contributed by atoms with E-state index in [0.717, 1.165) is 24.6 Å². The van der Waals surface area contributed by atoms with E-state index in [2.05, 4.69) is 196 Å². The van der Waals surface area contributed by atoms with E-state index >= 15 is 0 Å². The highest BCUT2D eigenvalue weighted by Gasteiger charge is 2.23. The van der Waals surface area contributed by atoms with Crippen LogP contribution in [0.1, 0.15) is 33.4 Å². The van der Waals surface area contributed by atoms with Crippen LogP contribution >= 0.6 is 15.8 Å². The molecular formula is C52H44P2. The Balaban J connectivity index is 1.16. The third-order valence-electron chi connectivity index (χ3n) is 11.1. The summed E-state index contributed by atoms with van der Waals surface area (Å²) < 4.78 is 0. The van der Waals surface area contributed by atoms with Crippen molar-refractivity contribution in [3.63, 3.8) is 0 Å². The molecule has 0 fully saturated rings. The molecule has 9 rings (SSSR count). The molecule has 2 heteroatoms. The maximum atomic E-state index is 2.48. The summed E-state index contributed by atoms with van der Waals surface area (Å²) in [5.41, 5.74) is 8.52. The van der Waals surface area contributed by atoms with Crippen LogP contribution in [-0.4, -0.2) is 0 Å². The van der Waals surface area contributed by atoms with Gasteiger partial charge in [-0.1, -0.05) is 198 Å². The van der Waals surface area contributed by atoms with E-state index in [1.54, 1.807) is 10.6 Å². The van der Waals surface area contributed by atoms with Gasteiger partial charge in [0.2, 0.25) is 0 Å². The van der Waals surface area contributed by atoms with Gasteiger partial charge in [-0.3, -0.25) is 0 Å². The van der Waals surface area contributed by atoms with E-state index in [0.29, 0.717) is 0 Å². The van der Waals surface area contributed by atoms with Crippen molar-refractivity contribution in [1.29, 1.82) is 0 Å². The largest absolute Gasteiger partial charge is 0.0657 e. The van der Waals surface area contributed by atoms with Crippen molar-refractivity contribution in [2.75, 3.05) is 0 Å². The van der Waals surface area contributed by atoms with E-state index in [9.17, 15) is 0 Å².